The predicted molar refractivity (Wildman–Crippen MR) is 148 cm³/mol. The van der Waals surface area contributed by atoms with Crippen molar-refractivity contribution in [1.82, 2.24) is 15.0 Å². The summed E-state index contributed by atoms with van der Waals surface area (Å²) in [5.41, 5.74) is 2.10. The van der Waals surface area contributed by atoms with Gasteiger partial charge in [-0.15, -0.1) is 5.10 Å². The number of carbonyl (C=O) groups excluding carboxylic acids is 2. The van der Waals surface area contributed by atoms with Crippen LogP contribution in [0.25, 0.3) is 0 Å². The fraction of sp³-hybridized carbons (Fsp3) is 0.400. The number of anilines is 2. The van der Waals surface area contributed by atoms with Crippen molar-refractivity contribution in [1.29, 1.82) is 0 Å². The second kappa shape index (κ2) is 11.5. The molecule has 1 saturated heterocycles. The average molecular weight is 530 g/mol. The molecule has 3 heterocycles. The number of aliphatic hydroxyl groups is 2. The normalized spacial score (nSPS) is 20.2. The molecule has 2 amide bonds. The first-order valence-electron chi connectivity index (χ1n) is 13.6. The van der Waals surface area contributed by atoms with Crippen LogP contribution in [-0.4, -0.2) is 50.2 Å². The number of hydrogen-bond donors (Lipinski definition) is 2. The highest BCUT2D eigenvalue weighted by Crippen LogP contribution is 2.45. The topological polar surface area (TPSA) is 112 Å². The summed E-state index contributed by atoms with van der Waals surface area (Å²) in [6.45, 7) is 3.49. The van der Waals surface area contributed by atoms with Gasteiger partial charge in [0.2, 0.25) is 5.91 Å². The molecule has 0 spiro atoms. The number of amides is 2. The minimum Gasteiger partial charge on any atom is -0.396 e. The molecule has 1 aromatic heterocycles. The molecule has 204 valence electrons. The lowest BCUT2D eigenvalue weighted by Crippen LogP contribution is -2.44. The van der Waals surface area contributed by atoms with E-state index in [1.54, 1.807) is 9.58 Å². The van der Waals surface area contributed by atoms with Gasteiger partial charge in [-0.1, -0.05) is 54.6 Å². The summed E-state index contributed by atoms with van der Waals surface area (Å²) in [6, 6.07) is 15.2. The van der Waals surface area contributed by atoms with Crippen molar-refractivity contribution in [3.63, 3.8) is 0 Å². The number of para-hydroxylation sites is 1. The minimum atomic E-state index is -1.69. The van der Waals surface area contributed by atoms with Gasteiger partial charge >= 0.3 is 0 Å². The number of piperidine rings is 1. The third-order valence-electron chi connectivity index (χ3n) is 7.63. The van der Waals surface area contributed by atoms with E-state index in [-0.39, 0.29) is 18.4 Å². The van der Waals surface area contributed by atoms with Crippen molar-refractivity contribution >= 4 is 23.2 Å². The number of aromatic nitrogens is 3. The number of fused-ring (bicyclic) bond motifs is 1. The first-order chi connectivity index (χ1) is 18.9. The lowest BCUT2D eigenvalue weighted by atomic mass is 9.83. The fourth-order valence-corrected chi connectivity index (χ4v) is 5.47. The van der Waals surface area contributed by atoms with Crippen LogP contribution in [0.5, 0.6) is 0 Å². The Balaban J connectivity index is 1.31. The molecule has 2 aliphatic heterocycles. The zero-order valence-corrected chi connectivity index (χ0v) is 22.2. The molecular formula is C30H35N5O4. The number of hydrogen-bond acceptors (Lipinski definition) is 6. The van der Waals surface area contributed by atoms with Crippen LogP contribution in [0, 0.1) is 5.92 Å². The van der Waals surface area contributed by atoms with Crippen molar-refractivity contribution in [3.8, 4) is 0 Å². The molecule has 9 nitrogen and oxygen atoms in total. The van der Waals surface area contributed by atoms with Crippen LogP contribution >= 0.6 is 0 Å². The third-order valence-corrected chi connectivity index (χ3v) is 7.63. The Morgan fingerprint density at radius 3 is 2.79 bits per heavy atom. The van der Waals surface area contributed by atoms with Crippen LogP contribution in [0.1, 0.15) is 49.4 Å². The molecule has 2 N–H and O–H groups in total. The van der Waals surface area contributed by atoms with Gasteiger partial charge in [-0.3, -0.25) is 14.3 Å². The Morgan fingerprint density at radius 2 is 1.97 bits per heavy atom. The summed E-state index contributed by atoms with van der Waals surface area (Å²) >= 11 is 0. The summed E-state index contributed by atoms with van der Waals surface area (Å²) in [7, 11) is 0. The Hall–Kier alpha value is -3.82. The van der Waals surface area contributed by atoms with E-state index < -0.39 is 11.5 Å². The molecule has 0 bridgehead atoms. The molecule has 9 heteroatoms. The van der Waals surface area contributed by atoms with Gasteiger partial charge in [-0.25, -0.2) is 0 Å². The van der Waals surface area contributed by atoms with Crippen LogP contribution in [0.2, 0.25) is 0 Å². The highest BCUT2D eigenvalue weighted by molar-refractivity contribution is 6.07. The van der Waals surface area contributed by atoms with Crippen molar-refractivity contribution < 1.29 is 19.8 Å². The van der Waals surface area contributed by atoms with Crippen molar-refractivity contribution in [3.05, 3.63) is 83.7 Å². The molecule has 39 heavy (non-hydrogen) atoms. The fourth-order valence-electron chi connectivity index (χ4n) is 5.47. The van der Waals surface area contributed by atoms with Crippen LogP contribution in [-0.2, 0) is 34.7 Å². The number of allylic oxidation sites excluding steroid dienone is 1. The molecule has 2 aliphatic rings. The summed E-state index contributed by atoms with van der Waals surface area (Å²) < 4.78 is 1.72. The molecule has 0 saturated carbocycles. The smallest absolute Gasteiger partial charge is 0.264 e. The number of rotatable bonds is 10. The lowest BCUT2D eigenvalue weighted by Gasteiger charge is -2.28. The maximum absolute atomic E-state index is 13.8. The summed E-state index contributed by atoms with van der Waals surface area (Å²) in [6.07, 6.45) is 9.24. The zero-order chi connectivity index (χ0) is 27.4. The zero-order valence-electron chi connectivity index (χ0n) is 22.2. The Bertz CT molecular complexity index is 1370. The van der Waals surface area contributed by atoms with E-state index in [9.17, 15) is 14.7 Å². The maximum Gasteiger partial charge on any atom is 0.264 e. The molecule has 5 rings (SSSR count). The standard InChI is InChI=1S/C30H35N5O4/c1-22(9-4-6-16-33-21-24(15-18-36)31-32-33)30(39)26-12-2-3-13-27(26)35(29(30)38)20-23-10-8-11-25(19-23)34-17-7-5-14-28(34)37/h2-4,8-13,19,21-22,36,39H,5-7,14-18,20H2,1H3/b9-4+/t22-,30+/m1/s1. The minimum absolute atomic E-state index is 0.0325. The number of nitrogens with zero attached hydrogens (tertiary/aromatic N) is 5. The average Bonchev–Trinajstić information content (AvgIpc) is 3.48. The Morgan fingerprint density at radius 1 is 1.13 bits per heavy atom. The van der Waals surface area contributed by atoms with E-state index in [0.717, 1.165) is 29.8 Å². The summed E-state index contributed by atoms with van der Waals surface area (Å²) in [4.78, 5) is 29.7. The van der Waals surface area contributed by atoms with Crippen molar-refractivity contribution in [2.75, 3.05) is 23.0 Å². The molecule has 2 aromatic carbocycles. The van der Waals surface area contributed by atoms with Gasteiger partial charge in [0.15, 0.2) is 5.60 Å². The Kier molecular flexibility index (Phi) is 7.90. The Labute approximate surface area is 228 Å². The van der Waals surface area contributed by atoms with Crippen LogP contribution in [0.15, 0.2) is 66.9 Å². The van der Waals surface area contributed by atoms with Gasteiger partial charge < -0.3 is 20.0 Å². The largest absolute Gasteiger partial charge is 0.396 e. The predicted octanol–water partition coefficient (Wildman–Crippen LogP) is 3.35. The monoisotopic (exact) mass is 529 g/mol. The van der Waals surface area contributed by atoms with Gasteiger partial charge in [0, 0.05) is 55.9 Å². The van der Waals surface area contributed by atoms with Crippen LogP contribution in [0.4, 0.5) is 11.4 Å². The number of aryl methyl sites for hydroxylation is 1. The first kappa shape index (κ1) is 26.8. The van der Waals surface area contributed by atoms with Gasteiger partial charge in [-0.05, 0) is 43.0 Å². The molecular weight excluding hydrogens is 494 g/mol. The highest BCUT2D eigenvalue weighted by Gasteiger charge is 2.52. The van der Waals surface area contributed by atoms with Crippen LogP contribution in [0.3, 0.4) is 0 Å². The summed E-state index contributed by atoms with van der Waals surface area (Å²) in [5, 5.41) is 29.0. The van der Waals surface area contributed by atoms with E-state index in [4.69, 9.17) is 5.11 Å². The van der Waals surface area contributed by atoms with Crippen molar-refractivity contribution in [2.45, 2.75) is 57.7 Å². The summed E-state index contributed by atoms with van der Waals surface area (Å²) in [5.74, 6) is -0.690. The van der Waals surface area contributed by atoms with Gasteiger partial charge in [0.25, 0.3) is 5.91 Å². The first-order valence-corrected chi connectivity index (χ1v) is 13.6. The molecule has 0 radical (unpaired) electrons. The number of benzene rings is 2. The van der Waals surface area contributed by atoms with E-state index in [2.05, 4.69) is 10.3 Å². The van der Waals surface area contributed by atoms with E-state index >= 15 is 0 Å². The molecule has 1 fully saturated rings. The van der Waals surface area contributed by atoms with Crippen LogP contribution < -0.4 is 9.80 Å². The molecule has 2 atom stereocenters. The molecule has 0 aliphatic carbocycles. The number of carbonyl (C=O) groups is 2. The quantitative estimate of drug-likeness (QED) is 0.390. The third kappa shape index (κ3) is 5.37. The van der Waals surface area contributed by atoms with E-state index in [1.807, 2.05) is 78.7 Å². The number of aliphatic hydroxyl groups excluding tert-OH is 1. The second-order valence-corrected chi connectivity index (χ2v) is 10.3. The van der Waals surface area contributed by atoms with Gasteiger partial charge in [0.05, 0.1) is 17.9 Å². The lowest BCUT2D eigenvalue weighted by molar-refractivity contribution is -0.139. The van der Waals surface area contributed by atoms with E-state index in [0.29, 0.717) is 50.1 Å². The molecule has 3 aromatic rings. The van der Waals surface area contributed by atoms with Gasteiger partial charge in [-0.2, -0.15) is 0 Å². The second-order valence-electron chi connectivity index (χ2n) is 10.3. The SMILES string of the molecule is C[C@H](/C=C/CCn1cc(CCO)nn1)[C@@]1(O)C(=O)N(Cc2cccc(N3CCCCC3=O)c2)c2ccccc21. The van der Waals surface area contributed by atoms with Crippen molar-refractivity contribution in [2.24, 2.45) is 5.92 Å². The molecule has 0 unspecified atom stereocenters. The van der Waals surface area contributed by atoms with Gasteiger partial charge in [0.1, 0.15) is 0 Å². The highest BCUT2D eigenvalue weighted by atomic mass is 16.3. The maximum atomic E-state index is 13.8. The van der Waals surface area contributed by atoms with E-state index in [1.165, 1.54) is 0 Å².